The maximum Gasteiger partial charge on any atom is 0.391 e. The Morgan fingerprint density at radius 3 is 2.80 bits per heavy atom. The van der Waals surface area contributed by atoms with Crippen LogP contribution < -0.4 is 0 Å². The summed E-state index contributed by atoms with van der Waals surface area (Å²) in [5.41, 5.74) is 1.55. The summed E-state index contributed by atoms with van der Waals surface area (Å²) in [6, 6.07) is 4.98. The number of carbonyl (C=O) groups excluding carboxylic acids is 1. The largest absolute Gasteiger partial charge is 0.506 e. The highest BCUT2D eigenvalue weighted by Crippen LogP contribution is 2.33. The Hall–Kier alpha value is -2.46. The molecule has 0 radical (unpaired) electrons. The number of hydrogen-bond donors (Lipinski definition) is 1. The van der Waals surface area contributed by atoms with Gasteiger partial charge in [-0.15, -0.1) is 11.3 Å². The standard InChI is InChI=1S/C13H9FN2O3S/c1-6-3-8(4-9(5-15)10(6)17)12-16-7(2)11(20-12)13(18)19-14/h3-4,17H,1-2H3. The summed E-state index contributed by atoms with van der Waals surface area (Å²) >= 11 is 0.962. The molecule has 2 rings (SSSR count). The van der Waals surface area contributed by atoms with Gasteiger partial charge < -0.3 is 5.11 Å². The highest BCUT2D eigenvalue weighted by atomic mass is 32.1. The SMILES string of the molecule is Cc1cc(-c2nc(C)c(C(=O)OF)s2)cc(C#N)c1O. The van der Waals surface area contributed by atoms with E-state index in [4.69, 9.17) is 5.26 Å². The highest BCUT2D eigenvalue weighted by Gasteiger charge is 2.19. The van der Waals surface area contributed by atoms with Crippen LogP contribution in [0.1, 0.15) is 26.5 Å². The fraction of sp³-hybridized carbons (Fsp3) is 0.154. The fourth-order valence-electron chi connectivity index (χ4n) is 1.73. The summed E-state index contributed by atoms with van der Waals surface area (Å²) in [4.78, 5) is 18.6. The van der Waals surface area contributed by atoms with Gasteiger partial charge in [-0.25, -0.2) is 14.7 Å². The molecule has 7 heteroatoms. The molecule has 0 unspecified atom stereocenters. The van der Waals surface area contributed by atoms with E-state index in [2.05, 4.69) is 9.93 Å². The smallest absolute Gasteiger partial charge is 0.391 e. The zero-order valence-corrected chi connectivity index (χ0v) is 11.4. The average molecular weight is 292 g/mol. The topological polar surface area (TPSA) is 83.2 Å². The van der Waals surface area contributed by atoms with E-state index in [9.17, 15) is 14.4 Å². The zero-order chi connectivity index (χ0) is 14.9. The molecule has 0 bridgehead atoms. The van der Waals surface area contributed by atoms with E-state index in [0.29, 0.717) is 21.8 Å². The summed E-state index contributed by atoms with van der Waals surface area (Å²) in [6.45, 7) is 3.21. The molecule has 0 aliphatic carbocycles. The first-order valence-corrected chi connectivity index (χ1v) is 6.34. The highest BCUT2D eigenvalue weighted by molar-refractivity contribution is 7.17. The maximum atomic E-state index is 12.0. The molecule has 0 aliphatic heterocycles. The third-order valence-corrected chi connectivity index (χ3v) is 3.91. The van der Waals surface area contributed by atoms with Crippen LogP contribution in [0.3, 0.4) is 0 Å². The zero-order valence-electron chi connectivity index (χ0n) is 10.6. The van der Waals surface area contributed by atoms with Crippen LogP contribution in [0, 0.1) is 25.2 Å². The van der Waals surface area contributed by atoms with Crippen LogP contribution in [0.2, 0.25) is 0 Å². The second kappa shape index (κ2) is 5.27. The molecule has 1 aromatic carbocycles. The van der Waals surface area contributed by atoms with Crippen molar-refractivity contribution in [1.82, 2.24) is 4.98 Å². The van der Waals surface area contributed by atoms with Crippen molar-refractivity contribution < 1.29 is 19.4 Å². The van der Waals surface area contributed by atoms with Gasteiger partial charge in [0.25, 0.3) is 0 Å². The van der Waals surface area contributed by atoms with Crippen LogP contribution >= 0.6 is 11.3 Å². The predicted molar refractivity (Wildman–Crippen MR) is 69.9 cm³/mol. The minimum atomic E-state index is -1.10. The van der Waals surface area contributed by atoms with Crippen LogP contribution in [-0.2, 0) is 4.94 Å². The number of aromatic hydroxyl groups is 1. The Morgan fingerprint density at radius 1 is 1.50 bits per heavy atom. The number of benzene rings is 1. The lowest BCUT2D eigenvalue weighted by Crippen LogP contribution is -1.97. The lowest BCUT2D eigenvalue weighted by Gasteiger charge is -2.03. The average Bonchev–Trinajstić information content (AvgIpc) is 2.83. The quantitative estimate of drug-likeness (QED) is 0.919. The lowest BCUT2D eigenvalue weighted by molar-refractivity contribution is -0.0784. The van der Waals surface area contributed by atoms with Crippen LogP contribution in [0.25, 0.3) is 10.6 Å². The summed E-state index contributed by atoms with van der Waals surface area (Å²) in [6.07, 6.45) is 0. The minimum Gasteiger partial charge on any atom is -0.506 e. The molecule has 1 aromatic heterocycles. The van der Waals surface area contributed by atoms with E-state index in [1.165, 1.54) is 6.07 Å². The molecule has 20 heavy (non-hydrogen) atoms. The van der Waals surface area contributed by atoms with Crippen molar-refractivity contribution in [2.24, 2.45) is 0 Å². The number of thiazole rings is 1. The van der Waals surface area contributed by atoms with Crippen LogP contribution in [0.4, 0.5) is 4.53 Å². The van der Waals surface area contributed by atoms with Crippen LogP contribution in [-0.4, -0.2) is 16.1 Å². The number of aryl methyl sites for hydroxylation is 2. The van der Waals surface area contributed by atoms with Crippen LogP contribution in [0.15, 0.2) is 12.1 Å². The van der Waals surface area contributed by atoms with E-state index >= 15 is 0 Å². The van der Waals surface area contributed by atoms with Gasteiger partial charge in [-0.1, -0.05) is 0 Å². The molecule has 0 atom stereocenters. The van der Waals surface area contributed by atoms with E-state index in [1.54, 1.807) is 19.9 Å². The molecule has 0 fully saturated rings. The summed E-state index contributed by atoms with van der Waals surface area (Å²) in [7, 11) is 0. The Labute approximate surface area is 117 Å². The monoisotopic (exact) mass is 292 g/mol. The van der Waals surface area contributed by atoms with E-state index in [1.807, 2.05) is 6.07 Å². The van der Waals surface area contributed by atoms with Gasteiger partial charge in [-0.3, -0.25) is 0 Å². The number of nitrogens with zero attached hydrogens (tertiary/aromatic N) is 2. The van der Waals surface area contributed by atoms with Crippen molar-refractivity contribution in [1.29, 1.82) is 5.26 Å². The molecule has 0 saturated carbocycles. The third kappa shape index (κ3) is 2.33. The van der Waals surface area contributed by atoms with Gasteiger partial charge >= 0.3 is 5.97 Å². The van der Waals surface area contributed by atoms with Gasteiger partial charge in [0, 0.05) is 10.1 Å². The van der Waals surface area contributed by atoms with Gasteiger partial charge in [0.1, 0.15) is 21.7 Å². The lowest BCUT2D eigenvalue weighted by atomic mass is 10.1. The number of carbonyl (C=O) groups is 1. The van der Waals surface area contributed by atoms with Crippen molar-refractivity contribution in [2.45, 2.75) is 13.8 Å². The Morgan fingerprint density at radius 2 is 2.20 bits per heavy atom. The van der Waals surface area contributed by atoms with E-state index < -0.39 is 5.97 Å². The first-order valence-electron chi connectivity index (χ1n) is 5.52. The maximum absolute atomic E-state index is 12.0. The molecular weight excluding hydrogens is 283 g/mol. The molecule has 0 saturated heterocycles. The van der Waals surface area contributed by atoms with Crippen molar-refractivity contribution in [3.8, 4) is 22.4 Å². The number of rotatable bonds is 2. The van der Waals surface area contributed by atoms with Gasteiger partial charge in [-0.05, 0) is 31.5 Å². The van der Waals surface area contributed by atoms with Crippen molar-refractivity contribution in [2.75, 3.05) is 0 Å². The molecular formula is C13H9FN2O3S. The number of aromatic nitrogens is 1. The van der Waals surface area contributed by atoms with Gasteiger partial charge in [0.2, 0.25) is 0 Å². The predicted octanol–water partition coefficient (Wildman–Crippen LogP) is 3.05. The summed E-state index contributed by atoms with van der Waals surface area (Å²) in [5, 5.41) is 19.1. The second-order valence-electron chi connectivity index (χ2n) is 4.10. The summed E-state index contributed by atoms with van der Waals surface area (Å²) in [5.74, 6) is -1.19. The molecule has 1 heterocycles. The Bertz CT molecular complexity index is 734. The van der Waals surface area contributed by atoms with Crippen molar-refractivity contribution >= 4 is 17.3 Å². The second-order valence-corrected chi connectivity index (χ2v) is 5.10. The molecule has 0 spiro atoms. The van der Waals surface area contributed by atoms with Gasteiger partial charge in [0.15, 0.2) is 0 Å². The minimum absolute atomic E-state index is 0.0618. The number of halogens is 1. The molecule has 2 aromatic rings. The van der Waals surface area contributed by atoms with E-state index in [0.717, 1.165) is 11.3 Å². The number of phenols is 1. The Balaban J connectivity index is 2.56. The molecule has 0 aliphatic rings. The molecule has 102 valence electrons. The molecule has 1 N–H and O–H groups in total. The van der Waals surface area contributed by atoms with Gasteiger partial charge in [0.05, 0.1) is 11.3 Å². The molecule has 5 nitrogen and oxygen atoms in total. The van der Waals surface area contributed by atoms with Crippen LogP contribution in [0.5, 0.6) is 5.75 Å². The number of hydrogen-bond acceptors (Lipinski definition) is 6. The first-order chi connectivity index (χ1) is 9.47. The van der Waals surface area contributed by atoms with Crippen molar-refractivity contribution in [3.05, 3.63) is 33.8 Å². The third-order valence-electron chi connectivity index (χ3n) is 2.72. The first kappa shape index (κ1) is 14.0. The molecule has 0 amide bonds. The fourth-order valence-corrected chi connectivity index (χ4v) is 2.65. The summed E-state index contributed by atoms with van der Waals surface area (Å²) < 4.78 is 12.0. The van der Waals surface area contributed by atoms with Crippen molar-refractivity contribution in [3.63, 3.8) is 0 Å². The normalized spacial score (nSPS) is 10.1. The Kier molecular flexibility index (Phi) is 3.68. The number of nitriles is 1. The van der Waals surface area contributed by atoms with Gasteiger partial charge in [-0.2, -0.15) is 5.26 Å². The number of phenolic OH excluding ortho intramolecular Hbond substituents is 1. The van der Waals surface area contributed by atoms with E-state index in [-0.39, 0.29) is 16.2 Å².